The molecule has 8 heteroatoms. The molecule has 0 aliphatic carbocycles. The number of carbonyl (C=O) groups excluding carboxylic acids is 2. The van der Waals surface area contributed by atoms with E-state index in [1.807, 2.05) is 67.8 Å². The van der Waals surface area contributed by atoms with Crippen LogP contribution in [0.2, 0.25) is 0 Å². The highest BCUT2D eigenvalue weighted by Gasteiger charge is 2.26. The first kappa shape index (κ1) is 15.7. The fourth-order valence-corrected chi connectivity index (χ4v) is 5.74. The van der Waals surface area contributed by atoms with Gasteiger partial charge in [-0.15, -0.1) is 0 Å². The standard InChI is InChI=1S/C9H5ClI3NO3/c1-17-9(16)3-4(11)2(8(10)15)5(12)7(14)6(3)13/h14H2,1H3. The SMILES string of the molecule is COC(=O)c1c(I)c(N)c(I)c(C(=O)Cl)c1I. The van der Waals surface area contributed by atoms with Crippen LogP contribution >= 0.6 is 79.4 Å². The van der Waals surface area contributed by atoms with Crippen LogP contribution in [0.5, 0.6) is 0 Å². The van der Waals surface area contributed by atoms with Gasteiger partial charge in [-0.05, 0) is 79.4 Å². The molecule has 0 saturated carbocycles. The van der Waals surface area contributed by atoms with Crippen molar-refractivity contribution >= 4 is 96.3 Å². The van der Waals surface area contributed by atoms with Crippen LogP contribution in [-0.2, 0) is 4.74 Å². The van der Waals surface area contributed by atoms with Gasteiger partial charge >= 0.3 is 5.97 Å². The van der Waals surface area contributed by atoms with Gasteiger partial charge in [-0.1, -0.05) is 0 Å². The Morgan fingerprint density at radius 2 is 1.59 bits per heavy atom. The number of nitrogens with two attached hydrogens (primary N) is 1. The number of ether oxygens (including phenoxy) is 1. The van der Waals surface area contributed by atoms with Gasteiger partial charge in [0.05, 0.1) is 31.1 Å². The largest absolute Gasteiger partial charge is 0.465 e. The third-order valence-corrected chi connectivity index (χ3v) is 5.45. The minimum Gasteiger partial charge on any atom is -0.465 e. The van der Waals surface area contributed by atoms with E-state index >= 15 is 0 Å². The van der Waals surface area contributed by atoms with Crippen LogP contribution < -0.4 is 5.73 Å². The number of nitrogen functional groups attached to an aromatic ring is 1. The van der Waals surface area contributed by atoms with Crippen molar-refractivity contribution in [3.8, 4) is 0 Å². The maximum Gasteiger partial charge on any atom is 0.340 e. The summed E-state index contributed by atoms with van der Waals surface area (Å²) in [4.78, 5) is 23.0. The first-order valence-corrected chi connectivity index (χ1v) is 7.68. The normalized spacial score (nSPS) is 10.2. The van der Waals surface area contributed by atoms with Crippen molar-refractivity contribution in [2.24, 2.45) is 0 Å². The van der Waals surface area contributed by atoms with E-state index in [1.165, 1.54) is 7.11 Å². The molecule has 0 saturated heterocycles. The maximum absolute atomic E-state index is 11.6. The summed E-state index contributed by atoms with van der Waals surface area (Å²) in [6, 6.07) is 0. The number of esters is 1. The minimum atomic E-state index is -0.646. The minimum absolute atomic E-state index is 0.242. The highest BCUT2D eigenvalue weighted by Crippen LogP contribution is 2.34. The maximum atomic E-state index is 11.6. The van der Waals surface area contributed by atoms with Crippen molar-refractivity contribution in [3.63, 3.8) is 0 Å². The van der Waals surface area contributed by atoms with Gasteiger partial charge in [0.2, 0.25) is 0 Å². The Labute approximate surface area is 143 Å². The molecule has 0 heterocycles. The molecule has 17 heavy (non-hydrogen) atoms. The summed E-state index contributed by atoms with van der Waals surface area (Å²) in [6.07, 6.45) is 0. The fourth-order valence-electron chi connectivity index (χ4n) is 1.14. The molecule has 0 aliphatic rings. The Morgan fingerprint density at radius 1 is 1.12 bits per heavy atom. The van der Waals surface area contributed by atoms with Crippen LogP contribution in [0.15, 0.2) is 0 Å². The van der Waals surface area contributed by atoms with E-state index in [-0.39, 0.29) is 11.1 Å². The zero-order valence-electron chi connectivity index (χ0n) is 8.31. The number of halogens is 4. The van der Waals surface area contributed by atoms with Gasteiger partial charge in [-0.3, -0.25) is 4.79 Å². The van der Waals surface area contributed by atoms with Gasteiger partial charge in [-0.25, -0.2) is 4.79 Å². The van der Waals surface area contributed by atoms with Crippen molar-refractivity contribution in [2.75, 3.05) is 12.8 Å². The highest BCUT2D eigenvalue weighted by molar-refractivity contribution is 14.1. The van der Waals surface area contributed by atoms with Crippen LogP contribution in [0.25, 0.3) is 0 Å². The Morgan fingerprint density at radius 3 is 2.00 bits per heavy atom. The zero-order chi connectivity index (χ0) is 13.3. The average Bonchev–Trinajstić information content (AvgIpc) is 2.25. The topological polar surface area (TPSA) is 69.4 Å². The molecule has 0 amide bonds. The molecule has 92 valence electrons. The zero-order valence-corrected chi connectivity index (χ0v) is 15.5. The van der Waals surface area contributed by atoms with Gasteiger partial charge in [0.25, 0.3) is 5.24 Å². The lowest BCUT2D eigenvalue weighted by Crippen LogP contribution is -2.14. The van der Waals surface area contributed by atoms with E-state index in [9.17, 15) is 9.59 Å². The third-order valence-electron chi connectivity index (χ3n) is 1.94. The van der Waals surface area contributed by atoms with E-state index in [0.717, 1.165) is 0 Å². The van der Waals surface area contributed by atoms with Crippen molar-refractivity contribution in [1.29, 1.82) is 0 Å². The molecule has 2 N–H and O–H groups in total. The van der Waals surface area contributed by atoms with Crippen molar-refractivity contribution < 1.29 is 14.3 Å². The molecule has 4 nitrogen and oxygen atoms in total. The molecule has 0 atom stereocenters. The Kier molecular flexibility index (Phi) is 5.72. The average molecular weight is 591 g/mol. The number of methoxy groups -OCH3 is 1. The molecule has 0 unspecified atom stereocenters. The Bertz CT molecular complexity index is 519. The summed E-state index contributed by atoms with van der Waals surface area (Å²) in [6.45, 7) is 0. The lowest BCUT2D eigenvalue weighted by molar-refractivity contribution is 0.0598. The lowest BCUT2D eigenvalue weighted by atomic mass is 10.1. The first-order chi connectivity index (χ1) is 7.82. The summed E-state index contributed by atoms with van der Waals surface area (Å²) in [5, 5.41) is -0.646. The van der Waals surface area contributed by atoms with Crippen LogP contribution in [0.4, 0.5) is 5.69 Å². The molecule has 0 bridgehead atoms. The highest BCUT2D eigenvalue weighted by atomic mass is 127. The molecular formula is C9H5ClI3NO3. The third kappa shape index (κ3) is 2.97. The first-order valence-electron chi connectivity index (χ1n) is 4.07. The molecule has 0 aliphatic heterocycles. The predicted octanol–water partition coefficient (Wildman–Crippen LogP) is 3.25. The van der Waals surface area contributed by atoms with E-state index in [0.29, 0.717) is 16.4 Å². The summed E-state index contributed by atoms with van der Waals surface area (Å²) in [5.41, 5.74) is 6.72. The summed E-state index contributed by atoms with van der Waals surface area (Å²) in [7, 11) is 1.27. The Hall–Kier alpha value is 0.640. The predicted molar refractivity (Wildman–Crippen MR) is 90.5 cm³/mol. The number of carbonyl (C=O) groups is 2. The molecule has 0 fully saturated rings. The molecular weight excluding hydrogens is 586 g/mol. The van der Waals surface area contributed by atoms with Gasteiger partial charge in [-0.2, -0.15) is 0 Å². The van der Waals surface area contributed by atoms with E-state index in [1.54, 1.807) is 0 Å². The summed E-state index contributed by atoms with van der Waals surface area (Å²) < 4.78 is 6.23. The van der Waals surface area contributed by atoms with Gasteiger partial charge in [0.1, 0.15) is 0 Å². The van der Waals surface area contributed by atoms with E-state index < -0.39 is 11.2 Å². The van der Waals surface area contributed by atoms with Crippen LogP contribution in [-0.4, -0.2) is 18.3 Å². The molecule has 0 aromatic heterocycles. The van der Waals surface area contributed by atoms with E-state index in [2.05, 4.69) is 4.74 Å². The lowest BCUT2D eigenvalue weighted by Gasteiger charge is -2.13. The molecule has 1 aromatic rings. The fraction of sp³-hybridized carbons (Fsp3) is 0.111. The number of hydrogen-bond donors (Lipinski definition) is 1. The quantitative estimate of drug-likeness (QED) is 0.248. The molecule has 1 rings (SSSR count). The number of anilines is 1. The molecule has 0 radical (unpaired) electrons. The monoisotopic (exact) mass is 591 g/mol. The van der Waals surface area contributed by atoms with Crippen molar-refractivity contribution in [3.05, 3.63) is 21.8 Å². The summed E-state index contributed by atoms with van der Waals surface area (Å²) in [5.74, 6) is -0.541. The summed E-state index contributed by atoms with van der Waals surface area (Å²) >= 11 is 11.3. The molecule has 1 aromatic carbocycles. The van der Waals surface area contributed by atoms with Crippen LogP contribution in [0.3, 0.4) is 0 Å². The second-order valence-corrected chi connectivity index (χ2v) is 6.45. The smallest absolute Gasteiger partial charge is 0.340 e. The second kappa shape index (κ2) is 6.19. The number of hydrogen-bond acceptors (Lipinski definition) is 4. The number of benzene rings is 1. The van der Waals surface area contributed by atoms with Gasteiger partial charge in [0, 0.05) is 3.57 Å². The second-order valence-electron chi connectivity index (χ2n) is 2.87. The number of rotatable bonds is 2. The van der Waals surface area contributed by atoms with Crippen molar-refractivity contribution in [2.45, 2.75) is 0 Å². The Balaban J connectivity index is 3.74. The van der Waals surface area contributed by atoms with Crippen LogP contribution in [0.1, 0.15) is 20.7 Å². The van der Waals surface area contributed by atoms with E-state index in [4.69, 9.17) is 17.3 Å². The van der Waals surface area contributed by atoms with Crippen LogP contribution in [0, 0.1) is 10.7 Å². The van der Waals surface area contributed by atoms with Gasteiger partial charge in [0.15, 0.2) is 0 Å². The molecule has 0 spiro atoms. The van der Waals surface area contributed by atoms with Gasteiger partial charge < -0.3 is 10.5 Å². The van der Waals surface area contributed by atoms with Crippen molar-refractivity contribution in [1.82, 2.24) is 0 Å².